The normalized spacial score (nSPS) is 10.6. The van der Waals surface area contributed by atoms with Crippen LogP contribution in [0.5, 0.6) is 0 Å². The second-order valence-electron chi connectivity index (χ2n) is 4.28. The van der Waals surface area contributed by atoms with Crippen molar-refractivity contribution in [3.63, 3.8) is 0 Å². The van der Waals surface area contributed by atoms with Crippen molar-refractivity contribution in [3.8, 4) is 0 Å². The molecule has 0 saturated heterocycles. The molecular weight excluding hydrogens is 256 g/mol. The summed E-state index contributed by atoms with van der Waals surface area (Å²) in [5.41, 5.74) is 2.66. The molecule has 0 bridgehead atoms. The number of aryl methyl sites for hydroxylation is 2. The summed E-state index contributed by atoms with van der Waals surface area (Å²) in [4.78, 5) is 0. The Morgan fingerprint density at radius 3 is 1.19 bits per heavy atom. The van der Waals surface area contributed by atoms with Gasteiger partial charge in [0.25, 0.3) is 0 Å². The molecule has 0 amide bonds. The minimum atomic E-state index is 1.33. The third-order valence-corrected chi connectivity index (χ3v) is 2.14. The van der Waals surface area contributed by atoms with Gasteiger partial charge in [-0.25, -0.2) is 0 Å². The van der Waals surface area contributed by atoms with Gasteiger partial charge >= 0.3 is 0 Å². The molecule has 0 aliphatic heterocycles. The van der Waals surface area contributed by atoms with Crippen molar-refractivity contribution in [2.24, 2.45) is 0 Å². The standard InChI is InChI=1S/C8H10.C6H10O.C6H10/c1-7-3-5-8(2)6-4-7;1-3-5-7-6-4-2;1-3-5-6-4-2/h3-6H,1-2H3;3-6H,1-2H3;3-6H,1-2H3/b;2*5-3+,6-4+. The number of allylic oxidation sites excluding steroid dienone is 6. The first-order valence-electron chi connectivity index (χ1n) is 7.27. The van der Waals surface area contributed by atoms with Gasteiger partial charge < -0.3 is 4.74 Å². The van der Waals surface area contributed by atoms with Crippen LogP contribution in [-0.4, -0.2) is 0 Å². The third-order valence-electron chi connectivity index (χ3n) is 2.14. The molecule has 0 fully saturated rings. The van der Waals surface area contributed by atoms with Crippen molar-refractivity contribution in [3.05, 3.63) is 84.4 Å². The van der Waals surface area contributed by atoms with E-state index in [4.69, 9.17) is 4.74 Å². The monoisotopic (exact) mass is 286 g/mol. The highest BCUT2D eigenvalue weighted by atomic mass is 16.5. The first-order valence-corrected chi connectivity index (χ1v) is 7.27. The van der Waals surface area contributed by atoms with E-state index in [1.165, 1.54) is 11.1 Å². The van der Waals surface area contributed by atoms with Crippen LogP contribution in [0.4, 0.5) is 0 Å². The minimum Gasteiger partial charge on any atom is -0.473 e. The molecule has 1 rings (SSSR count). The Kier molecular flexibility index (Phi) is 18.2. The van der Waals surface area contributed by atoms with Crippen molar-refractivity contribution in [2.45, 2.75) is 41.5 Å². The Hall–Kier alpha value is -2.02. The molecule has 0 aromatic heterocycles. The average Bonchev–Trinajstić information content (AvgIpc) is 2.50. The molecule has 1 aromatic carbocycles. The van der Waals surface area contributed by atoms with E-state index in [1.54, 1.807) is 12.5 Å². The van der Waals surface area contributed by atoms with Crippen LogP contribution in [0, 0.1) is 13.8 Å². The topological polar surface area (TPSA) is 9.23 Å². The molecule has 1 aromatic rings. The SMILES string of the molecule is C/C=C/C=C/C.C/C=C/O/C=C/C.Cc1ccc(C)cc1. The van der Waals surface area contributed by atoms with E-state index in [-0.39, 0.29) is 0 Å². The first-order chi connectivity index (χ1) is 10.1. The van der Waals surface area contributed by atoms with Crippen LogP contribution < -0.4 is 0 Å². The Bertz CT molecular complexity index is 379. The maximum Gasteiger partial charge on any atom is 0.0858 e. The number of hydrogen-bond acceptors (Lipinski definition) is 1. The fourth-order valence-electron chi connectivity index (χ4n) is 1.06. The Balaban J connectivity index is 0. The van der Waals surface area contributed by atoms with Crippen LogP contribution in [0.1, 0.15) is 38.8 Å². The summed E-state index contributed by atoms with van der Waals surface area (Å²) in [7, 11) is 0. The fraction of sp³-hybridized carbons (Fsp3) is 0.300. The van der Waals surface area contributed by atoms with E-state index in [0.29, 0.717) is 0 Å². The second-order valence-corrected chi connectivity index (χ2v) is 4.28. The number of benzene rings is 1. The van der Waals surface area contributed by atoms with E-state index in [0.717, 1.165) is 0 Å². The summed E-state index contributed by atoms with van der Waals surface area (Å²) in [6, 6.07) is 8.48. The van der Waals surface area contributed by atoms with Crippen LogP contribution in [0.25, 0.3) is 0 Å². The first kappa shape index (κ1) is 21.3. The van der Waals surface area contributed by atoms with Gasteiger partial charge in [0, 0.05) is 0 Å². The van der Waals surface area contributed by atoms with Gasteiger partial charge in [0.1, 0.15) is 0 Å². The number of hydrogen-bond donors (Lipinski definition) is 0. The van der Waals surface area contributed by atoms with Gasteiger partial charge in [-0.15, -0.1) is 0 Å². The van der Waals surface area contributed by atoms with Gasteiger partial charge in [0.05, 0.1) is 12.5 Å². The van der Waals surface area contributed by atoms with Gasteiger partial charge in [-0.05, 0) is 41.5 Å². The van der Waals surface area contributed by atoms with Crippen molar-refractivity contribution in [2.75, 3.05) is 0 Å². The number of ether oxygens (including phenoxy) is 1. The molecule has 1 heteroatoms. The fourth-order valence-corrected chi connectivity index (χ4v) is 1.06. The lowest BCUT2D eigenvalue weighted by atomic mass is 10.2. The summed E-state index contributed by atoms with van der Waals surface area (Å²) >= 11 is 0. The molecule has 0 saturated carbocycles. The minimum absolute atomic E-state index is 1.33. The Morgan fingerprint density at radius 1 is 0.619 bits per heavy atom. The van der Waals surface area contributed by atoms with Gasteiger partial charge in [0.2, 0.25) is 0 Å². The largest absolute Gasteiger partial charge is 0.473 e. The Labute approximate surface area is 131 Å². The summed E-state index contributed by atoms with van der Waals surface area (Å²) in [6.07, 6.45) is 14.9. The molecule has 0 atom stereocenters. The zero-order valence-corrected chi connectivity index (χ0v) is 14.3. The third kappa shape index (κ3) is 20.5. The quantitative estimate of drug-likeness (QED) is 0.454. The molecule has 0 spiro atoms. The zero-order valence-electron chi connectivity index (χ0n) is 14.3. The lowest BCUT2D eigenvalue weighted by Gasteiger charge is -1.90. The highest BCUT2D eigenvalue weighted by Crippen LogP contribution is 1.99. The molecule has 1 nitrogen and oxygen atoms in total. The molecule has 0 aliphatic carbocycles. The lowest BCUT2D eigenvalue weighted by molar-refractivity contribution is 0.401. The van der Waals surface area contributed by atoms with E-state index in [2.05, 4.69) is 38.1 Å². The predicted octanol–water partition coefficient (Wildman–Crippen LogP) is 6.51. The summed E-state index contributed by atoms with van der Waals surface area (Å²) < 4.78 is 4.77. The maximum absolute atomic E-state index is 4.77. The van der Waals surface area contributed by atoms with Crippen LogP contribution in [0.15, 0.2) is 73.2 Å². The summed E-state index contributed by atoms with van der Waals surface area (Å²) in [6.45, 7) is 12.0. The van der Waals surface area contributed by atoms with E-state index in [1.807, 2.05) is 64.2 Å². The van der Waals surface area contributed by atoms with E-state index >= 15 is 0 Å². The number of rotatable bonds is 3. The van der Waals surface area contributed by atoms with E-state index < -0.39 is 0 Å². The van der Waals surface area contributed by atoms with Crippen molar-refractivity contribution in [1.29, 1.82) is 0 Å². The molecule has 0 aliphatic rings. The van der Waals surface area contributed by atoms with Gasteiger partial charge in [-0.3, -0.25) is 0 Å². The highest BCUT2D eigenvalue weighted by Gasteiger charge is 1.79. The lowest BCUT2D eigenvalue weighted by Crippen LogP contribution is -1.70. The smallest absolute Gasteiger partial charge is 0.0858 e. The maximum atomic E-state index is 4.77. The molecular formula is C20H30O. The Morgan fingerprint density at radius 2 is 0.952 bits per heavy atom. The van der Waals surface area contributed by atoms with Gasteiger partial charge in [-0.2, -0.15) is 0 Å². The molecule has 0 N–H and O–H groups in total. The van der Waals surface area contributed by atoms with Crippen LogP contribution >= 0.6 is 0 Å². The highest BCUT2D eigenvalue weighted by molar-refractivity contribution is 5.19. The van der Waals surface area contributed by atoms with Crippen molar-refractivity contribution < 1.29 is 4.74 Å². The molecule has 0 unspecified atom stereocenters. The summed E-state index contributed by atoms with van der Waals surface area (Å²) in [5, 5.41) is 0. The molecule has 116 valence electrons. The van der Waals surface area contributed by atoms with Crippen LogP contribution in [0.2, 0.25) is 0 Å². The average molecular weight is 286 g/mol. The van der Waals surface area contributed by atoms with E-state index in [9.17, 15) is 0 Å². The zero-order chi connectivity index (χ0) is 16.3. The predicted molar refractivity (Wildman–Crippen MR) is 96.3 cm³/mol. The van der Waals surface area contributed by atoms with Crippen LogP contribution in [-0.2, 0) is 4.74 Å². The summed E-state index contributed by atoms with van der Waals surface area (Å²) in [5.74, 6) is 0. The van der Waals surface area contributed by atoms with Crippen molar-refractivity contribution >= 4 is 0 Å². The second kappa shape index (κ2) is 18.0. The van der Waals surface area contributed by atoms with Gasteiger partial charge in [0.15, 0.2) is 0 Å². The van der Waals surface area contributed by atoms with Crippen molar-refractivity contribution in [1.82, 2.24) is 0 Å². The van der Waals surface area contributed by atoms with Crippen LogP contribution in [0.3, 0.4) is 0 Å². The molecule has 21 heavy (non-hydrogen) atoms. The molecule has 0 heterocycles. The molecule has 0 radical (unpaired) electrons. The van der Waals surface area contributed by atoms with Gasteiger partial charge in [-0.1, -0.05) is 71.8 Å².